The van der Waals surface area contributed by atoms with E-state index < -0.39 is 5.92 Å². The highest BCUT2D eigenvalue weighted by molar-refractivity contribution is 6.30. The van der Waals surface area contributed by atoms with Crippen LogP contribution in [0.1, 0.15) is 22.8 Å². The maximum absolute atomic E-state index is 12.6. The second kappa shape index (κ2) is 5.56. The Labute approximate surface area is 129 Å². The Morgan fingerprint density at radius 3 is 2.27 bits per heavy atom. The van der Waals surface area contributed by atoms with Gasteiger partial charge in [-0.1, -0.05) is 48.0 Å². The Morgan fingerprint density at radius 1 is 1.00 bits per heavy atom. The molecule has 0 bridgehead atoms. The zero-order chi connectivity index (χ0) is 15.7. The lowest BCUT2D eigenvalue weighted by atomic mass is 9.93. The van der Waals surface area contributed by atoms with Crippen molar-refractivity contribution in [2.45, 2.75) is 13.8 Å². The van der Waals surface area contributed by atoms with Gasteiger partial charge in [-0.15, -0.1) is 0 Å². The number of para-hydroxylation sites is 1. The number of hydrogen-bond donors (Lipinski definition) is 0. The Hall–Kier alpha value is -2.75. The van der Waals surface area contributed by atoms with E-state index in [0.717, 1.165) is 5.56 Å². The average molecular weight is 292 g/mol. The van der Waals surface area contributed by atoms with Gasteiger partial charge in [0.05, 0.1) is 11.4 Å². The topological polar surface area (TPSA) is 49.7 Å². The Balaban J connectivity index is 1.90. The Bertz CT molecular complexity index is 748. The minimum atomic E-state index is -0.831. The van der Waals surface area contributed by atoms with Crippen LogP contribution in [0.5, 0.6) is 0 Å². The van der Waals surface area contributed by atoms with Crippen molar-refractivity contribution in [3.63, 3.8) is 0 Å². The van der Waals surface area contributed by atoms with Gasteiger partial charge in [-0.25, -0.2) is 0 Å². The molecular weight excluding hydrogens is 276 g/mol. The summed E-state index contributed by atoms with van der Waals surface area (Å²) in [6, 6.07) is 16.4. The van der Waals surface area contributed by atoms with E-state index >= 15 is 0 Å². The van der Waals surface area contributed by atoms with Crippen LogP contribution in [-0.2, 0) is 4.79 Å². The maximum Gasteiger partial charge on any atom is 0.264 e. The van der Waals surface area contributed by atoms with E-state index in [1.807, 2.05) is 37.3 Å². The van der Waals surface area contributed by atoms with Gasteiger partial charge in [0.1, 0.15) is 5.92 Å². The highest BCUT2D eigenvalue weighted by Crippen LogP contribution is 2.26. The first-order valence-corrected chi connectivity index (χ1v) is 7.13. The summed E-state index contributed by atoms with van der Waals surface area (Å²) in [7, 11) is 0. The molecule has 110 valence electrons. The van der Waals surface area contributed by atoms with E-state index in [1.165, 1.54) is 5.01 Å². The molecule has 22 heavy (non-hydrogen) atoms. The van der Waals surface area contributed by atoms with Gasteiger partial charge in [-0.05, 0) is 26.0 Å². The predicted molar refractivity (Wildman–Crippen MR) is 86.0 cm³/mol. The first kappa shape index (κ1) is 14.2. The van der Waals surface area contributed by atoms with Gasteiger partial charge in [-0.3, -0.25) is 9.59 Å². The van der Waals surface area contributed by atoms with Crippen molar-refractivity contribution < 1.29 is 9.59 Å². The van der Waals surface area contributed by atoms with Crippen LogP contribution >= 0.6 is 0 Å². The lowest BCUT2D eigenvalue weighted by Gasteiger charge is -2.13. The fourth-order valence-electron chi connectivity index (χ4n) is 2.51. The summed E-state index contributed by atoms with van der Waals surface area (Å²) in [6.07, 6.45) is 0. The summed E-state index contributed by atoms with van der Waals surface area (Å²) in [6.45, 7) is 3.68. The summed E-state index contributed by atoms with van der Waals surface area (Å²) in [5, 5.41) is 5.58. The molecule has 4 nitrogen and oxygen atoms in total. The third-order valence-corrected chi connectivity index (χ3v) is 3.73. The number of carbonyl (C=O) groups excluding carboxylic acids is 2. The molecule has 0 aliphatic carbocycles. The summed E-state index contributed by atoms with van der Waals surface area (Å²) in [5.74, 6) is -1.33. The van der Waals surface area contributed by atoms with Crippen LogP contribution < -0.4 is 5.01 Å². The molecular formula is C18H16N2O2. The van der Waals surface area contributed by atoms with Crippen molar-refractivity contribution in [2.75, 3.05) is 5.01 Å². The number of rotatable bonds is 3. The molecule has 4 heteroatoms. The van der Waals surface area contributed by atoms with Crippen LogP contribution in [0.2, 0.25) is 0 Å². The molecule has 0 fully saturated rings. The molecule has 0 spiro atoms. The van der Waals surface area contributed by atoms with Crippen molar-refractivity contribution in [3.8, 4) is 0 Å². The van der Waals surface area contributed by atoms with Gasteiger partial charge in [0.2, 0.25) is 0 Å². The molecule has 0 saturated heterocycles. The van der Waals surface area contributed by atoms with E-state index in [4.69, 9.17) is 0 Å². The van der Waals surface area contributed by atoms with Gasteiger partial charge in [0.15, 0.2) is 5.78 Å². The number of benzene rings is 2. The lowest BCUT2D eigenvalue weighted by molar-refractivity contribution is -0.118. The number of Topliss-reactive ketones (excluding diaryl/α,β-unsaturated/α-hetero) is 1. The van der Waals surface area contributed by atoms with Crippen LogP contribution in [0.3, 0.4) is 0 Å². The van der Waals surface area contributed by atoms with Crippen molar-refractivity contribution in [3.05, 3.63) is 65.7 Å². The van der Waals surface area contributed by atoms with Crippen LogP contribution in [-0.4, -0.2) is 17.4 Å². The molecule has 0 aromatic heterocycles. The van der Waals surface area contributed by atoms with Gasteiger partial charge < -0.3 is 0 Å². The molecule has 1 heterocycles. The number of carbonyl (C=O) groups is 2. The van der Waals surface area contributed by atoms with E-state index in [9.17, 15) is 9.59 Å². The molecule has 0 unspecified atom stereocenters. The van der Waals surface area contributed by atoms with Crippen LogP contribution in [0.25, 0.3) is 0 Å². The molecule has 2 aromatic carbocycles. The second-order valence-electron chi connectivity index (χ2n) is 5.39. The predicted octanol–water partition coefficient (Wildman–Crippen LogP) is 3.22. The fraction of sp³-hybridized carbons (Fsp3) is 0.167. The minimum absolute atomic E-state index is 0.204. The second-order valence-corrected chi connectivity index (χ2v) is 5.39. The largest absolute Gasteiger partial charge is 0.293 e. The van der Waals surface area contributed by atoms with Crippen molar-refractivity contribution in [1.29, 1.82) is 0 Å². The van der Waals surface area contributed by atoms with Crippen molar-refractivity contribution in [1.82, 2.24) is 0 Å². The Kier molecular flexibility index (Phi) is 3.59. The normalized spacial score (nSPS) is 17.5. The molecule has 2 aromatic rings. The zero-order valence-electron chi connectivity index (χ0n) is 12.5. The number of anilines is 1. The number of hydrazone groups is 1. The molecule has 0 saturated carbocycles. The SMILES string of the molecule is CC1=NN(c2ccccc2)C(=O)[C@@H]1C(=O)c1ccc(C)cc1. The third kappa shape index (κ3) is 2.44. The number of amides is 1. The standard InChI is InChI=1S/C18H16N2O2/c1-12-8-10-14(11-9-12)17(21)16-13(2)19-20(18(16)22)15-6-4-3-5-7-15/h3-11,16H,1-2H3/t16-/m0/s1. The molecule has 3 rings (SSSR count). The number of nitrogens with zero attached hydrogens (tertiary/aromatic N) is 2. The van der Waals surface area contributed by atoms with E-state index in [0.29, 0.717) is 17.0 Å². The monoisotopic (exact) mass is 292 g/mol. The van der Waals surface area contributed by atoms with Crippen LogP contribution in [0.4, 0.5) is 5.69 Å². The molecule has 1 aliphatic rings. The molecule has 0 N–H and O–H groups in total. The first-order valence-electron chi connectivity index (χ1n) is 7.13. The quantitative estimate of drug-likeness (QED) is 0.644. The van der Waals surface area contributed by atoms with E-state index in [2.05, 4.69) is 5.10 Å². The summed E-state index contributed by atoms with van der Waals surface area (Å²) < 4.78 is 0. The number of ketones is 1. The minimum Gasteiger partial charge on any atom is -0.293 e. The summed E-state index contributed by atoms with van der Waals surface area (Å²) in [5.41, 5.74) is 2.81. The Morgan fingerprint density at radius 2 is 1.64 bits per heavy atom. The number of hydrogen-bond acceptors (Lipinski definition) is 3. The first-order chi connectivity index (χ1) is 10.6. The fourth-order valence-corrected chi connectivity index (χ4v) is 2.51. The maximum atomic E-state index is 12.6. The van der Waals surface area contributed by atoms with Gasteiger partial charge in [0.25, 0.3) is 5.91 Å². The van der Waals surface area contributed by atoms with E-state index in [1.54, 1.807) is 31.2 Å². The summed E-state index contributed by atoms with van der Waals surface area (Å²) >= 11 is 0. The van der Waals surface area contributed by atoms with Crippen molar-refractivity contribution >= 4 is 23.1 Å². The third-order valence-electron chi connectivity index (χ3n) is 3.73. The zero-order valence-corrected chi connectivity index (χ0v) is 12.5. The van der Waals surface area contributed by atoms with E-state index in [-0.39, 0.29) is 11.7 Å². The molecule has 1 aliphatic heterocycles. The number of aryl methyl sites for hydroxylation is 1. The highest BCUT2D eigenvalue weighted by atomic mass is 16.2. The van der Waals surface area contributed by atoms with Gasteiger partial charge in [0, 0.05) is 5.56 Å². The van der Waals surface area contributed by atoms with Gasteiger partial charge in [-0.2, -0.15) is 10.1 Å². The molecule has 1 amide bonds. The lowest BCUT2D eigenvalue weighted by Crippen LogP contribution is -2.32. The van der Waals surface area contributed by atoms with Gasteiger partial charge >= 0.3 is 0 Å². The van der Waals surface area contributed by atoms with Crippen LogP contribution in [0, 0.1) is 12.8 Å². The average Bonchev–Trinajstić information content (AvgIpc) is 2.83. The smallest absolute Gasteiger partial charge is 0.264 e. The van der Waals surface area contributed by atoms with Crippen molar-refractivity contribution in [2.24, 2.45) is 11.0 Å². The summed E-state index contributed by atoms with van der Waals surface area (Å²) in [4.78, 5) is 25.2. The molecule has 0 radical (unpaired) electrons. The molecule has 1 atom stereocenters. The highest BCUT2D eigenvalue weighted by Gasteiger charge is 2.39. The van der Waals surface area contributed by atoms with Crippen LogP contribution in [0.15, 0.2) is 59.7 Å².